The summed E-state index contributed by atoms with van der Waals surface area (Å²) in [6.07, 6.45) is 7.00. The van der Waals surface area contributed by atoms with Gasteiger partial charge in [-0.2, -0.15) is 0 Å². The van der Waals surface area contributed by atoms with E-state index in [0.29, 0.717) is 12.0 Å². The third kappa shape index (κ3) is 3.73. The summed E-state index contributed by atoms with van der Waals surface area (Å²) < 4.78 is 2.22. The minimum Gasteiger partial charge on any atom is -0.352 e. The van der Waals surface area contributed by atoms with Crippen LogP contribution in [0, 0.1) is 5.92 Å². The molecule has 23 heavy (non-hydrogen) atoms. The second kappa shape index (κ2) is 7.31. The fourth-order valence-electron chi connectivity index (χ4n) is 3.20. The highest BCUT2D eigenvalue weighted by Crippen LogP contribution is 2.27. The van der Waals surface area contributed by atoms with Crippen LogP contribution in [0.15, 0.2) is 54.0 Å². The molecular formula is C18H25N5. The zero-order valence-corrected chi connectivity index (χ0v) is 13.9. The summed E-state index contributed by atoms with van der Waals surface area (Å²) in [7, 11) is 1.86. The molecule has 1 N–H and O–H groups in total. The highest BCUT2D eigenvalue weighted by atomic mass is 15.3. The van der Waals surface area contributed by atoms with Gasteiger partial charge in [0, 0.05) is 39.1 Å². The second-order valence-corrected chi connectivity index (χ2v) is 6.18. The van der Waals surface area contributed by atoms with Gasteiger partial charge in [0.1, 0.15) is 0 Å². The molecule has 5 nitrogen and oxygen atoms in total. The van der Waals surface area contributed by atoms with Gasteiger partial charge >= 0.3 is 0 Å². The first-order chi connectivity index (χ1) is 11.3. The van der Waals surface area contributed by atoms with Gasteiger partial charge < -0.3 is 14.8 Å². The molecule has 0 bridgehead atoms. The number of guanidine groups is 1. The molecule has 1 fully saturated rings. The Hall–Kier alpha value is -2.30. The average molecular weight is 311 g/mol. The van der Waals surface area contributed by atoms with Crippen LogP contribution in [0.25, 0.3) is 0 Å². The van der Waals surface area contributed by atoms with Gasteiger partial charge in [0.2, 0.25) is 0 Å². The van der Waals surface area contributed by atoms with Crippen molar-refractivity contribution in [3.63, 3.8) is 0 Å². The smallest absolute Gasteiger partial charge is 0.193 e. The van der Waals surface area contributed by atoms with Crippen LogP contribution in [0.2, 0.25) is 0 Å². The van der Waals surface area contributed by atoms with E-state index in [9.17, 15) is 0 Å². The molecule has 122 valence electrons. The van der Waals surface area contributed by atoms with Crippen LogP contribution >= 0.6 is 0 Å². The van der Waals surface area contributed by atoms with Crippen molar-refractivity contribution in [3.8, 4) is 0 Å². The van der Waals surface area contributed by atoms with Crippen LogP contribution in [0.1, 0.15) is 24.9 Å². The quantitative estimate of drug-likeness (QED) is 0.700. The normalized spacial score (nSPS) is 22.2. The van der Waals surface area contributed by atoms with E-state index in [1.165, 1.54) is 5.56 Å². The Balaban J connectivity index is 1.64. The van der Waals surface area contributed by atoms with E-state index in [2.05, 4.69) is 62.1 Å². The van der Waals surface area contributed by atoms with Crippen molar-refractivity contribution in [2.45, 2.75) is 25.9 Å². The first kappa shape index (κ1) is 15.6. The van der Waals surface area contributed by atoms with E-state index in [1.54, 1.807) is 0 Å². The molecule has 1 aromatic carbocycles. The maximum absolute atomic E-state index is 4.47. The van der Waals surface area contributed by atoms with E-state index in [0.717, 1.165) is 32.0 Å². The van der Waals surface area contributed by atoms with Gasteiger partial charge in [-0.05, 0) is 17.9 Å². The predicted molar refractivity (Wildman–Crippen MR) is 93.3 cm³/mol. The molecule has 0 amide bonds. The molecule has 2 heterocycles. The number of piperidine rings is 1. The van der Waals surface area contributed by atoms with E-state index in [-0.39, 0.29) is 0 Å². The molecule has 1 aromatic heterocycles. The molecule has 0 spiro atoms. The maximum atomic E-state index is 4.47. The summed E-state index contributed by atoms with van der Waals surface area (Å²) in [6.45, 7) is 5.13. The van der Waals surface area contributed by atoms with Gasteiger partial charge in [-0.1, -0.05) is 37.3 Å². The van der Waals surface area contributed by atoms with Gasteiger partial charge in [0.15, 0.2) is 5.96 Å². The Labute approximate surface area is 138 Å². The highest BCUT2D eigenvalue weighted by molar-refractivity contribution is 5.80. The van der Waals surface area contributed by atoms with Gasteiger partial charge in [-0.15, -0.1) is 0 Å². The Morgan fingerprint density at radius 2 is 2.17 bits per heavy atom. The van der Waals surface area contributed by atoms with E-state index < -0.39 is 0 Å². The Morgan fingerprint density at radius 3 is 2.87 bits per heavy atom. The molecule has 2 unspecified atom stereocenters. The number of rotatable bonds is 3. The van der Waals surface area contributed by atoms with Crippen molar-refractivity contribution in [2.75, 3.05) is 20.1 Å². The van der Waals surface area contributed by atoms with Crippen molar-refractivity contribution in [3.05, 3.63) is 54.6 Å². The summed E-state index contributed by atoms with van der Waals surface area (Å²) in [5.74, 6) is 1.62. The van der Waals surface area contributed by atoms with Crippen molar-refractivity contribution in [1.29, 1.82) is 0 Å². The largest absolute Gasteiger partial charge is 0.352 e. The maximum Gasteiger partial charge on any atom is 0.193 e. The van der Waals surface area contributed by atoms with Gasteiger partial charge in [-0.3, -0.25) is 4.99 Å². The van der Waals surface area contributed by atoms with Crippen LogP contribution in [0.4, 0.5) is 0 Å². The van der Waals surface area contributed by atoms with E-state index >= 15 is 0 Å². The summed E-state index contributed by atoms with van der Waals surface area (Å²) >= 11 is 0. The number of likely N-dealkylation sites (tertiary alicyclic amines) is 1. The third-order valence-corrected chi connectivity index (χ3v) is 4.63. The second-order valence-electron chi connectivity index (χ2n) is 6.18. The van der Waals surface area contributed by atoms with Crippen LogP contribution in [-0.2, 0) is 6.54 Å². The summed E-state index contributed by atoms with van der Waals surface area (Å²) in [4.78, 5) is 11.0. The standard InChI is InChI=1S/C18H25N5/c1-15-8-10-22(13-17(15)23-11-9-20-14-23)18(19-2)21-12-16-6-4-3-5-7-16/h3-7,9,11,14-15,17H,8,10,12-13H2,1-2H3,(H,19,21). The molecule has 1 saturated heterocycles. The monoisotopic (exact) mass is 311 g/mol. The van der Waals surface area contributed by atoms with Gasteiger partial charge in [0.25, 0.3) is 0 Å². The number of hydrogen-bond acceptors (Lipinski definition) is 2. The highest BCUT2D eigenvalue weighted by Gasteiger charge is 2.28. The molecule has 0 saturated carbocycles. The molecule has 0 aliphatic carbocycles. The Morgan fingerprint density at radius 1 is 1.35 bits per heavy atom. The average Bonchev–Trinajstić information content (AvgIpc) is 3.12. The lowest BCUT2D eigenvalue weighted by atomic mass is 9.93. The number of nitrogens with zero attached hydrogens (tertiary/aromatic N) is 4. The molecule has 1 aliphatic rings. The Bertz CT molecular complexity index is 620. The van der Waals surface area contributed by atoms with E-state index in [4.69, 9.17) is 0 Å². The molecule has 5 heteroatoms. The number of aliphatic imine (C=N–C) groups is 1. The number of benzene rings is 1. The molecule has 1 aliphatic heterocycles. The minimum atomic E-state index is 0.446. The Kier molecular flexibility index (Phi) is 4.95. The first-order valence-corrected chi connectivity index (χ1v) is 8.25. The topological polar surface area (TPSA) is 45.5 Å². The van der Waals surface area contributed by atoms with Crippen LogP contribution in [0.3, 0.4) is 0 Å². The molecule has 2 aromatic rings. The zero-order chi connectivity index (χ0) is 16.1. The van der Waals surface area contributed by atoms with Crippen LogP contribution in [0.5, 0.6) is 0 Å². The van der Waals surface area contributed by atoms with Crippen LogP contribution in [-0.4, -0.2) is 40.5 Å². The lowest BCUT2D eigenvalue weighted by Gasteiger charge is -2.39. The van der Waals surface area contributed by atoms with Crippen molar-refractivity contribution < 1.29 is 0 Å². The number of imidazole rings is 1. The van der Waals surface area contributed by atoms with E-state index in [1.807, 2.05) is 25.6 Å². The number of hydrogen-bond donors (Lipinski definition) is 1. The summed E-state index contributed by atoms with van der Waals surface area (Å²) in [6, 6.07) is 10.9. The van der Waals surface area contributed by atoms with Gasteiger partial charge in [0.05, 0.1) is 12.4 Å². The molecule has 0 radical (unpaired) electrons. The van der Waals surface area contributed by atoms with Crippen LogP contribution < -0.4 is 5.32 Å². The van der Waals surface area contributed by atoms with Crippen molar-refractivity contribution in [2.24, 2.45) is 10.9 Å². The fourth-order valence-corrected chi connectivity index (χ4v) is 3.20. The predicted octanol–water partition coefficient (Wildman–Crippen LogP) is 2.54. The summed E-state index contributed by atoms with van der Waals surface area (Å²) in [5, 5.41) is 3.49. The number of aromatic nitrogens is 2. The minimum absolute atomic E-state index is 0.446. The van der Waals surface area contributed by atoms with Gasteiger partial charge in [-0.25, -0.2) is 4.98 Å². The first-order valence-electron chi connectivity index (χ1n) is 8.25. The SMILES string of the molecule is CN=C(NCc1ccccc1)N1CCC(C)C(n2ccnc2)C1. The lowest BCUT2D eigenvalue weighted by Crippen LogP contribution is -2.48. The summed E-state index contributed by atoms with van der Waals surface area (Å²) in [5.41, 5.74) is 1.27. The molecule has 3 rings (SSSR count). The molecule has 2 atom stereocenters. The lowest BCUT2D eigenvalue weighted by molar-refractivity contribution is 0.189. The number of nitrogens with one attached hydrogen (secondary N) is 1. The van der Waals surface area contributed by atoms with Crippen molar-refractivity contribution >= 4 is 5.96 Å². The zero-order valence-electron chi connectivity index (χ0n) is 13.9. The third-order valence-electron chi connectivity index (χ3n) is 4.63. The van der Waals surface area contributed by atoms with Crippen molar-refractivity contribution in [1.82, 2.24) is 19.8 Å². The molecular weight excluding hydrogens is 286 g/mol. The fraction of sp³-hybridized carbons (Fsp3) is 0.444.